The van der Waals surface area contributed by atoms with Gasteiger partial charge in [0.15, 0.2) is 17.5 Å². The Labute approximate surface area is 323 Å². The minimum absolute atomic E-state index is 0.111. The second-order valence-corrected chi connectivity index (χ2v) is 16.4. The molecule has 3 aromatic heterocycles. The summed E-state index contributed by atoms with van der Waals surface area (Å²) in [6, 6.07) is 49.3. The predicted octanol–water partition coefficient (Wildman–Crippen LogP) is 13.3. The van der Waals surface area contributed by atoms with Crippen LogP contribution in [0.5, 0.6) is 0 Å². The van der Waals surface area contributed by atoms with Crippen molar-refractivity contribution in [2.24, 2.45) is 0 Å². The predicted molar refractivity (Wildman–Crippen MR) is 226 cm³/mol. The summed E-state index contributed by atoms with van der Waals surface area (Å²) in [4.78, 5) is 15.7. The molecule has 0 saturated heterocycles. The van der Waals surface area contributed by atoms with E-state index >= 15 is 0 Å². The van der Waals surface area contributed by atoms with E-state index in [0.29, 0.717) is 17.5 Å². The van der Waals surface area contributed by atoms with Gasteiger partial charge in [-0.25, -0.2) is 15.0 Å². The Balaban J connectivity index is 1.07. The van der Waals surface area contributed by atoms with Crippen LogP contribution < -0.4 is 0 Å². The number of benzene rings is 7. The maximum absolute atomic E-state index is 6.55. The van der Waals surface area contributed by atoms with Gasteiger partial charge >= 0.3 is 0 Å². The Hall–Kier alpha value is -6.85. The number of para-hydroxylation sites is 2. The van der Waals surface area contributed by atoms with Gasteiger partial charge in [0.05, 0.1) is 5.56 Å². The van der Waals surface area contributed by atoms with Crippen molar-refractivity contribution in [3.63, 3.8) is 0 Å². The smallest absolute Gasteiger partial charge is 0.167 e. The molecule has 0 unspecified atom stereocenters. The number of aromatic nitrogens is 3. The molecule has 0 spiro atoms. The van der Waals surface area contributed by atoms with E-state index in [2.05, 4.69) is 137 Å². The Morgan fingerprint density at radius 1 is 0.357 bits per heavy atom. The fourth-order valence-electron chi connectivity index (χ4n) is 9.63. The van der Waals surface area contributed by atoms with E-state index in [1.165, 1.54) is 44.5 Å². The molecule has 0 bridgehead atoms. The zero-order valence-corrected chi connectivity index (χ0v) is 31.4. The van der Waals surface area contributed by atoms with E-state index in [1.54, 1.807) is 0 Å². The largest absolute Gasteiger partial charge is 0.456 e. The van der Waals surface area contributed by atoms with Crippen LogP contribution in [0, 0.1) is 0 Å². The molecule has 266 valence electrons. The van der Waals surface area contributed by atoms with Gasteiger partial charge in [0.1, 0.15) is 22.3 Å². The van der Waals surface area contributed by atoms with Gasteiger partial charge in [-0.1, -0.05) is 119 Å². The van der Waals surface area contributed by atoms with Gasteiger partial charge < -0.3 is 8.83 Å². The molecule has 2 aliphatic carbocycles. The van der Waals surface area contributed by atoms with Crippen LogP contribution in [0.2, 0.25) is 0 Å². The molecule has 0 saturated carbocycles. The number of rotatable bonds is 3. The van der Waals surface area contributed by atoms with Crippen molar-refractivity contribution in [3.05, 3.63) is 162 Å². The van der Waals surface area contributed by atoms with Crippen LogP contribution in [0.3, 0.4) is 0 Å². The Kier molecular flexibility index (Phi) is 6.12. The third-order valence-electron chi connectivity index (χ3n) is 12.6. The third-order valence-corrected chi connectivity index (χ3v) is 12.6. The second-order valence-electron chi connectivity index (χ2n) is 16.4. The fourth-order valence-corrected chi connectivity index (χ4v) is 9.63. The summed E-state index contributed by atoms with van der Waals surface area (Å²) < 4.78 is 13.1. The quantitative estimate of drug-likeness (QED) is 0.182. The van der Waals surface area contributed by atoms with Gasteiger partial charge in [-0.15, -0.1) is 0 Å². The van der Waals surface area contributed by atoms with Gasteiger partial charge in [-0.3, -0.25) is 0 Å². The van der Waals surface area contributed by atoms with Crippen LogP contribution >= 0.6 is 0 Å². The van der Waals surface area contributed by atoms with Crippen LogP contribution in [-0.2, 0) is 10.8 Å². The molecule has 56 heavy (non-hydrogen) atoms. The minimum Gasteiger partial charge on any atom is -0.456 e. The first-order valence-corrected chi connectivity index (χ1v) is 19.3. The summed E-state index contributed by atoms with van der Waals surface area (Å²) in [6.45, 7) is 9.20. The van der Waals surface area contributed by atoms with Crippen molar-refractivity contribution < 1.29 is 8.83 Å². The Morgan fingerprint density at radius 2 is 0.911 bits per heavy atom. The third kappa shape index (κ3) is 4.23. The lowest BCUT2D eigenvalue weighted by molar-refractivity contribution is 0.647. The number of hydrogen-bond acceptors (Lipinski definition) is 5. The highest BCUT2D eigenvalue weighted by Crippen LogP contribution is 2.52. The second kappa shape index (κ2) is 10.9. The average Bonchev–Trinajstić information content (AvgIpc) is 3.92. The standard InChI is InChI=1S/C51H35N3O2/c1-50(2)39-17-8-5-12-30(39)32-22-20-29(25-41(32)50)48-52-47(53-49(54-48)35-16-11-15-34-33-14-7-10-19-43(33)56-46(34)35)28-21-23-44-37(24-28)38-26-36-31-13-6-9-18-40(31)51(3,4)42(36)27-45(38)55-44/h5-27H,1-4H3. The van der Waals surface area contributed by atoms with E-state index in [4.69, 9.17) is 23.8 Å². The molecule has 0 N–H and O–H groups in total. The average molecular weight is 722 g/mol. The van der Waals surface area contributed by atoms with Crippen molar-refractivity contribution in [2.45, 2.75) is 38.5 Å². The maximum atomic E-state index is 6.55. The number of hydrogen-bond donors (Lipinski definition) is 0. The molecule has 5 nitrogen and oxygen atoms in total. The first kappa shape index (κ1) is 31.5. The highest BCUT2D eigenvalue weighted by atomic mass is 16.3. The van der Waals surface area contributed by atoms with Gasteiger partial charge in [0.25, 0.3) is 0 Å². The zero-order valence-electron chi connectivity index (χ0n) is 31.4. The number of furan rings is 2. The first-order valence-electron chi connectivity index (χ1n) is 19.3. The SMILES string of the molecule is CC1(C)c2ccccc2-c2ccc(-c3nc(-c4ccc5oc6cc7c(cc6c5c4)-c4ccccc4C7(C)C)nc(-c4cccc5c4oc4ccccc45)n3)cc21. The summed E-state index contributed by atoms with van der Waals surface area (Å²) in [5.41, 5.74) is 16.0. The maximum Gasteiger partial charge on any atom is 0.167 e. The zero-order chi connectivity index (χ0) is 37.5. The molecular formula is C51H35N3O2. The van der Waals surface area contributed by atoms with Gasteiger partial charge in [0.2, 0.25) is 0 Å². The summed E-state index contributed by atoms with van der Waals surface area (Å²) in [7, 11) is 0. The molecule has 10 aromatic rings. The summed E-state index contributed by atoms with van der Waals surface area (Å²) in [5, 5.41) is 4.20. The first-order chi connectivity index (χ1) is 27.2. The van der Waals surface area contributed by atoms with Crippen molar-refractivity contribution >= 4 is 43.9 Å². The minimum atomic E-state index is -0.163. The normalized spacial score (nSPS) is 14.7. The summed E-state index contributed by atoms with van der Waals surface area (Å²) >= 11 is 0. The van der Waals surface area contributed by atoms with Crippen molar-refractivity contribution in [2.75, 3.05) is 0 Å². The highest BCUT2D eigenvalue weighted by Gasteiger charge is 2.37. The molecule has 5 heteroatoms. The van der Waals surface area contributed by atoms with Crippen LogP contribution in [0.1, 0.15) is 49.9 Å². The monoisotopic (exact) mass is 721 g/mol. The van der Waals surface area contributed by atoms with Crippen LogP contribution in [-0.4, -0.2) is 15.0 Å². The van der Waals surface area contributed by atoms with Gasteiger partial charge in [0, 0.05) is 43.5 Å². The van der Waals surface area contributed by atoms with Crippen LogP contribution in [0.4, 0.5) is 0 Å². The van der Waals surface area contributed by atoms with E-state index in [9.17, 15) is 0 Å². The van der Waals surface area contributed by atoms with Crippen LogP contribution in [0.25, 0.3) is 100 Å². The highest BCUT2D eigenvalue weighted by molar-refractivity contribution is 6.10. The molecule has 0 atom stereocenters. The van der Waals surface area contributed by atoms with Crippen molar-refractivity contribution in [3.8, 4) is 56.4 Å². The molecule has 0 aliphatic heterocycles. The van der Waals surface area contributed by atoms with Gasteiger partial charge in [-0.05, 0) is 93.0 Å². The number of nitrogens with zero attached hydrogens (tertiary/aromatic N) is 3. The summed E-state index contributed by atoms with van der Waals surface area (Å²) in [5.74, 6) is 1.76. The molecule has 3 heterocycles. The lowest BCUT2D eigenvalue weighted by Crippen LogP contribution is -2.15. The van der Waals surface area contributed by atoms with Gasteiger partial charge in [-0.2, -0.15) is 0 Å². The molecule has 0 fully saturated rings. The lowest BCUT2D eigenvalue weighted by Gasteiger charge is -2.21. The van der Waals surface area contributed by atoms with E-state index in [1.807, 2.05) is 30.3 Å². The van der Waals surface area contributed by atoms with Crippen LogP contribution in [0.15, 0.2) is 148 Å². The molecule has 7 aromatic carbocycles. The van der Waals surface area contributed by atoms with E-state index < -0.39 is 0 Å². The van der Waals surface area contributed by atoms with Crippen molar-refractivity contribution in [1.82, 2.24) is 15.0 Å². The number of fused-ring (bicyclic) bond motifs is 12. The molecule has 12 rings (SSSR count). The van der Waals surface area contributed by atoms with E-state index in [-0.39, 0.29) is 10.8 Å². The molecule has 0 radical (unpaired) electrons. The Bertz CT molecular complexity index is 3330. The Morgan fingerprint density at radius 3 is 1.70 bits per heavy atom. The van der Waals surface area contributed by atoms with Crippen molar-refractivity contribution in [1.29, 1.82) is 0 Å². The molecule has 2 aliphatic rings. The topological polar surface area (TPSA) is 65.0 Å². The molecular weight excluding hydrogens is 687 g/mol. The van der Waals surface area contributed by atoms with E-state index in [0.717, 1.165) is 60.6 Å². The lowest BCUT2D eigenvalue weighted by atomic mass is 9.82. The summed E-state index contributed by atoms with van der Waals surface area (Å²) in [6.07, 6.45) is 0. The fraction of sp³-hybridized carbons (Fsp3) is 0.118. The molecule has 0 amide bonds.